The third kappa shape index (κ3) is 5.70. The molecule has 0 unspecified atom stereocenters. The van der Waals surface area contributed by atoms with Crippen molar-refractivity contribution in [3.63, 3.8) is 0 Å². The monoisotopic (exact) mass is 482 g/mol. The zero-order chi connectivity index (χ0) is 19.2. The maximum Gasteiger partial charge on any atom is 0.351 e. The van der Waals surface area contributed by atoms with Gasteiger partial charge in [-0.15, -0.1) is 0 Å². The highest BCUT2D eigenvalue weighted by atomic mass is 127. The third-order valence-corrected chi connectivity index (χ3v) is 6.55. The SMILES string of the molecule is CC(C)CC1=ICC[C@H](n2ccc(NC(=O)Nc3ccccc3)nc2=O)O1. The molecule has 2 amide bonds. The summed E-state index contributed by atoms with van der Waals surface area (Å²) in [7, 11) is 0. The summed E-state index contributed by atoms with van der Waals surface area (Å²) in [6, 6.07) is 10.2. The fraction of sp³-hybridized carbons (Fsp3) is 0.368. The Balaban J connectivity index is 1.64. The molecule has 7 nitrogen and oxygen atoms in total. The van der Waals surface area contributed by atoms with Gasteiger partial charge in [0.25, 0.3) is 0 Å². The van der Waals surface area contributed by atoms with E-state index in [-0.39, 0.29) is 32.8 Å². The highest BCUT2D eigenvalue weighted by molar-refractivity contribution is 14.2. The van der Waals surface area contributed by atoms with Gasteiger partial charge in [-0.2, -0.15) is 4.98 Å². The molecule has 2 heterocycles. The summed E-state index contributed by atoms with van der Waals surface area (Å²) in [5.74, 6) is 0.752. The van der Waals surface area contributed by atoms with Crippen molar-refractivity contribution < 1.29 is 9.53 Å². The van der Waals surface area contributed by atoms with Crippen LogP contribution in [0.25, 0.3) is 0 Å². The molecular formula is C19H23IN4O3. The first-order valence-electron chi connectivity index (χ1n) is 8.85. The molecule has 3 rings (SSSR count). The van der Waals surface area contributed by atoms with Crippen LogP contribution in [0.2, 0.25) is 0 Å². The molecule has 0 fully saturated rings. The molecule has 1 aromatic carbocycles. The van der Waals surface area contributed by atoms with Crippen molar-refractivity contribution >= 4 is 42.0 Å². The van der Waals surface area contributed by atoms with Gasteiger partial charge in [-0.1, -0.05) is 52.8 Å². The quantitative estimate of drug-likeness (QED) is 0.500. The number of amides is 2. The predicted molar refractivity (Wildman–Crippen MR) is 116 cm³/mol. The average Bonchev–Trinajstić information content (AvgIpc) is 2.62. The van der Waals surface area contributed by atoms with Gasteiger partial charge in [-0.25, -0.2) is 9.59 Å². The van der Waals surface area contributed by atoms with E-state index in [4.69, 9.17) is 4.74 Å². The molecule has 0 saturated carbocycles. The number of nitrogens with one attached hydrogen (secondary N) is 2. The number of anilines is 2. The Morgan fingerprint density at radius 3 is 2.78 bits per heavy atom. The number of halogens is 1. The summed E-state index contributed by atoms with van der Waals surface area (Å²) in [6.45, 7) is 4.33. The minimum absolute atomic E-state index is 0.0639. The number of carbonyl (C=O) groups is 1. The molecule has 2 aromatic rings. The van der Waals surface area contributed by atoms with Gasteiger partial charge in [0.15, 0.2) is 0 Å². The standard InChI is InChI=1S/C19H23IN4O3/c1-13(2)12-15-20-10-8-17(27-15)24-11-9-16(23-19(24)26)22-18(25)21-14-6-4-3-5-7-14/h3-7,9,11,13,17H,8,10,12H2,1-2H3,(H2,21,22,23,25,26)/t17-/m1/s1. The van der Waals surface area contributed by atoms with Gasteiger partial charge in [-0.3, -0.25) is 9.88 Å². The fourth-order valence-electron chi connectivity index (χ4n) is 2.61. The number of benzene rings is 1. The molecule has 1 atom stereocenters. The maximum absolute atomic E-state index is 12.4. The third-order valence-electron chi connectivity index (χ3n) is 3.85. The number of hydrogen-bond acceptors (Lipinski definition) is 4. The summed E-state index contributed by atoms with van der Waals surface area (Å²) in [5, 5.41) is 5.27. The van der Waals surface area contributed by atoms with E-state index >= 15 is 0 Å². The van der Waals surface area contributed by atoms with Gasteiger partial charge in [0.2, 0.25) is 0 Å². The first-order chi connectivity index (χ1) is 13.0. The van der Waals surface area contributed by atoms with Crippen molar-refractivity contribution in [1.29, 1.82) is 0 Å². The molecule has 8 heteroatoms. The highest BCUT2D eigenvalue weighted by Crippen LogP contribution is 2.26. The minimum Gasteiger partial charge on any atom is -0.320 e. The van der Waals surface area contributed by atoms with Crippen LogP contribution in [0.5, 0.6) is 0 Å². The number of para-hydroxylation sites is 1. The number of alkyl halides is 1. The molecule has 0 spiro atoms. The lowest BCUT2D eigenvalue weighted by atomic mass is 10.1. The van der Waals surface area contributed by atoms with Crippen molar-refractivity contribution in [2.45, 2.75) is 32.9 Å². The molecular weight excluding hydrogens is 459 g/mol. The molecule has 0 saturated heterocycles. The Labute approximate surface area is 167 Å². The Hall–Kier alpha value is -2.07. The van der Waals surface area contributed by atoms with Crippen molar-refractivity contribution in [2.75, 3.05) is 15.1 Å². The number of nitrogens with zero attached hydrogens (tertiary/aromatic N) is 2. The zero-order valence-corrected chi connectivity index (χ0v) is 17.5. The first-order valence-corrected chi connectivity index (χ1v) is 11.5. The number of rotatable bonds is 5. The number of urea groups is 1. The van der Waals surface area contributed by atoms with Crippen LogP contribution in [0, 0.1) is 5.92 Å². The van der Waals surface area contributed by atoms with Crippen LogP contribution in [0.3, 0.4) is 0 Å². The van der Waals surface area contributed by atoms with E-state index in [0.29, 0.717) is 11.6 Å². The summed E-state index contributed by atoms with van der Waals surface area (Å²) < 4.78 is 9.80. The van der Waals surface area contributed by atoms with Crippen molar-refractivity contribution in [2.24, 2.45) is 5.92 Å². The fourth-order valence-corrected chi connectivity index (χ4v) is 5.72. The number of hydrogen-bond donors (Lipinski definition) is 2. The molecule has 27 heavy (non-hydrogen) atoms. The molecule has 2 N–H and O–H groups in total. The van der Waals surface area contributed by atoms with E-state index in [0.717, 1.165) is 21.0 Å². The lowest BCUT2D eigenvalue weighted by molar-refractivity contribution is 0.109. The first kappa shape index (κ1) is 19.7. The number of ether oxygens (including phenoxy) is 1. The summed E-state index contributed by atoms with van der Waals surface area (Å²) in [6.07, 6.45) is 3.09. The van der Waals surface area contributed by atoms with Gasteiger partial charge in [0.1, 0.15) is 12.0 Å². The highest BCUT2D eigenvalue weighted by Gasteiger charge is 2.20. The van der Waals surface area contributed by atoms with Gasteiger partial charge in [-0.05, 0) is 24.1 Å². The molecule has 1 aliphatic rings. The zero-order valence-electron chi connectivity index (χ0n) is 15.3. The van der Waals surface area contributed by atoms with Crippen LogP contribution in [-0.4, -0.2) is 23.7 Å². The van der Waals surface area contributed by atoms with Crippen LogP contribution < -0.4 is 16.3 Å². The van der Waals surface area contributed by atoms with Crippen LogP contribution in [0.1, 0.15) is 32.9 Å². The summed E-state index contributed by atoms with van der Waals surface area (Å²) in [5.41, 5.74) is 0.233. The normalized spacial score (nSPS) is 17.0. The second-order valence-corrected chi connectivity index (χ2v) is 9.63. The largest absolute Gasteiger partial charge is 0.351 e. The van der Waals surface area contributed by atoms with Gasteiger partial charge >= 0.3 is 11.7 Å². The van der Waals surface area contributed by atoms with Crippen LogP contribution in [0.4, 0.5) is 16.3 Å². The van der Waals surface area contributed by atoms with E-state index in [1.807, 2.05) is 18.2 Å². The maximum atomic E-state index is 12.4. The number of carbonyl (C=O) groups excluding carboxylic acids is 1. The Bertz CT molecular complexity index is 880. The van der Waals surface area contributed by atoms with Crippen LogP contribution in [0.15, 0.2) is 47.4 Å². The summed E-state index contributed by atoms with van der Waals surface area (Å²) in [4.78, 5) is 28.4. The van der Waals surface area contributed by atoms with Gasteiger partial charge in [0, 0.05) is 29.2 Å². The van der Waals surface area contributed by atoms with Crippen LogP contribution in [-0.2, 0) is 4.74 Å². The van der Waals surface area contributed by atoms with E-state index < -0.39 is 11.7 Å². The van der Waals surface area contributed by atoms with Crippen molar-refractivity contribution in [3.05, 3.63) is 53.1 Å². The summed E-state index contributed by atoms with van der Waals surface area (Å²) >= 11 is -0.0639. The number of aromatic nitrogens is 2. The molecule has 0 aliphatic carbocycles. The smallest absolute Gasteiger partial charge is 0.320 e. The van der Waals surface area contributed by atoms with Crippen molar-refractivity contribution in [3.8, 4) is 0 Å². The lowest BCUT2D eigenvalue weighted by Crippen LogP contribution is -2.32. The Morgan fingerprint density at radius 1 is 1.30 bits per heavy atom. The van der Waals surface area contributed by atoms with E-state index in [1.54, 1.807) is 24.4 Å². The Kier molecular flexibility index (Phi) is 6.73. The van der Waals surface area contributed by atoms with Crippen molar-refractivity contribution in [1.82, 2.24) is 9.55 Å². The second kappa shape index (κ2) is 9.23. The van der Waals surface area contributed by atoms with E-state index in [1.165, 1.54) is 4.57 Å². The molecule has 0 bridgehead atoms. The average molecular weight is 482 g/mol. The van der Waals surface area contributed by atoms with Gasteiger partial charge < -0.3 is 10.1 Å². The second-order valence-electron chi connectivity index (χ2n) is 6.58. The molecule has 1 aliphatic heterocycles. The Morgan fingerprint density at radius 2 is 2.07 bits per heavy atom. The lowest BCUT2D eigenvalue weighted by Gasteiger charge is -2.25. The minimum atomic E-state index is -0.447. The molecule has 1 aromatic heterocycles. The topological polar surface area (TPSA) is 85.3 Å². The predicted octanol–water partition coefficient (Wildman–Crippen LogP) is 3.95. The van der Waals surface area contributed by atoms with E-state index in [2.05, 4.69) is 29.5 Å². The van der Waals surface area contributed by atoms with E-state index in [9.17, 15) is 9.59 Å². The van der Waals surface area contributed by atoms with Gasteiger partial charge in [0.05, 0.1) is 3.69 Å². The molecule has 0 radical (unpaired) electrons. The molecule has 144 valence electrons. The van der Waals surface area contributed by atoms with Crippen LogP contribution >= 0.6 is 20.7 Å².